The number of thiophene rings is 1. The fourth-order valence-electron chi connectivity index (χ4n) is 1.92. The van der Waals surface area contributed by atoms with Crippen molar-refractivity contribution in [3.05, 3.63) is 34.3 Å². The Labute approximate surface area is 107 Å². The van der Waals surface area contributed by atoms with Crippen molar-refractivity contribution >= 4 is 17.2 Å². The van der Waals surface area contributed by atoms with E-state index >= 15 is 0 Å². The molecule has 1 aliphatic heterocycles. The van der Waals surface area contributed by atoms with Gasteiger partial charge in [0.25, 0.3) is 5.91 Å². The van der Waals surface area contributed by atoms with Gasteiger partial charge < -0.3 is 10.0 Å². The molecule has 0 aromatic carbocycles. The van der Waals surface area contributed by atoms with E-state index in [9.17, 15) is 4.79 Å². The molecule has 0 radical (unpaired) electrons. The lowest BCUT2D eigenvalue weighted by Crippen LogP contribution is -2.50. The Morgan fingerprint density at radius 1 is 1.56 bits per heavy atom. The Hall–Kier alpha value is -1.73. The summed E-state index contributed by atoms with van der Waals surface area (Å²) in [6.07, 6.45) is 1.72. The lowest BCUT2D eigenvalue weighted by atomic mass is 10.1. The normalized spacial score (nSPS) is 15.7. The first kappa shape index (κ1) is 11.4. The SMILES string of the molecule is O=C(c1ccsc1)N1CC(n2cc(CO)nn2)C1. The molecule has 1 saturated heterocycles. The topological polar surface area (TPSA) is 71.2 Å². The van der Waals surface area contributed by atoms with Gasteiger partial charge in [-0.3, -0.25) is 4.79 Å². The summed E-state index contributed by atoms with van der Waals surface area (Å²) in [7, 11) is 0. The fourth-order valence-corrected chi connectivity index (χ4v) is 2.55. The molecule has 2 aromatic heterocycles. The summed E-state index contributed by atoms with van der Waals surface area (Å²) in [6.45, 7) is 1.18. The highest BCUT2D eigenvalue weighted by Crippen LogP contribution is 2.23. The second-order valence-electron chi connectivity index (χ2n) is 4.22. The molecule has 0 atom stereocenters. The minimum atomic E-state index is -0.107. The van der Waals surface area contributed by atoms with E-state index in [1.807, 2.05) is 16.8 Å². The minimum Gasteiger partial charge on any atom is -0.390 e. The van der Waals surface area contributed by atoms with Gasteiger partial charge in [0.15, 0.2) is 0 Å². The smallest absolute Gasteiger partial charge is 0.254 e. The minimum absolute atomic E-state index is 0.0648. The van der Waals surface area contributed by atoms with Crippen LogP contribution in [0.2, 0.25) is 0 Å². The molecule has 6 nitrogen and oxygen atoms in total. The number of carbonyl (C=O) groups excluding carboxylic acids is 1. The van der Waals surface area contributed by atoms with Crippen LogP contribution < -0.4 is 0 Å². The molecule has 1 aliphatic rings. The van der Waals surface area contributed by atoms with Crippen molar-refractivity contribution in [3.63, 3.8) is 0 Å². The van der Waals surface area contributed by atoms with Gasteiger partial charge in [0.2, 0.25) is 0 Å². The number of aliphatic hydroxyl groups is 1. The van der Waals surface area contributed by atoms with Gasteiger partial charge in [-0.1, -0.05) is 5.21 Å². The first-order valence-electron chi connectivity index (χ1n) is 5.61. The van der Waals surface area contributed by atoms with Crippen LogP contribution in [0, 0.1) is 0 Å². The van der Waals surface area contributed by atoms with E-state index in [0.717, 1.165) is 5.56 Å². The maximum absolute atomic E-state index is 12.0. The largest absolute Gasteiger partial charge is 0.390 e. The van der Waals surface area contributed by atoms with Crippen molar-refractivity contribution in [2.75, 3.05) is 13.1 Å². The predicted octanol–water partition coefficient (Wildman–Crippen LogP) is 0.529. The maximum atomic E-state index is 12.0. The molecule has 0 unspecified atom stereocenters. The maximum Gasteiger partial charge on any atom is 0.254 e. The van der Waals surface area contributed by atoms with Crippen molar-refractivity contribution in [3.8, 4) is 0 Å². The third-order valence-electron chi connectivity index (χ3n) is 3.01. The molecule has 1 amide bonds. The summed E-state index contributed by atoms with van der Waals surface area (Å²) in [4.78, 5) is 13.8. The van der Waals surface area contributed by atoms with Crippen molar-refractivity contribution in [1.29, 1.82) is 0 Å². The number of aromatic nitrogens is 3. The molecule has 94 valence electrons. The molecule has 0 saturated carbocycles. The van der Waals surface area contributed by atoms with Crippen LogP contribution in [0.25, 0.3) is 0 Å². The average Bonchev–Trinajstić information content (AvgIpc) is 2.98. The third-order valence-corrected chi connectivity index (χ3v) is 3.69. The van der Waals surface area contributed by atoms with E-state index in [1.165, 1.54) is 11.3 Å². The van der Waals surface area contributed by atoms with Gasteiger partial charge in [0, 0.05) is 18.5 Å². The van der Waals surface area contributed by atoms with Gasteiger partial charge in [-0.25, -0.2) is 4.68 Å². The number of hydrogen-bond acceptors (Lipinski definition) is 5. The summed E-state index contributed by atoms with van der Waals surface area (Å²) >= 11 is 1.52. The predicted molar refractivity (Wildman–Crippen MR) is 65.2 cm³/mol. The van der Waals surface area contributed by atoms with Crippen LogP contribution in [-0.4, -0.2) is 44.0 Å². The fraction of sp³-hybridized carbons (Fsp3) is 0.364. The van der Waals surface area contributed by atoms with E-state index in [0.29, 0.717) is 18.8 Å². The van der Waals surface area contributed by atoms with Crippen LogP contribution >= 0.6 is 11.3 Å². The number of likely N-dealkylation sites (tertiary alicyclic amines) is 1. The third kappa shape index (κ3) is 1.91. The molecule has 3 rings (SSSR count). The Morgan fingerprint density at radius 2 is 2.39 bits per heavy atom. The first-order chi connectivity index (χ1) is 8.78. The highest BCUT2D eigenvalue weighted by molar-refractivity contribution is 7.08. The second-order valence-corrected chi connectivity index (χ2v) is 5.00. The van der Waals surface area contributed by atoms with E-state index in [-0.39, 0.29) is 18.6 Å². The van der Waals surface area contributed by atoms with Gasteiger partial charge in [-0.2, -0.15) is 11.3 Å². The Morgan fingerprint density at radius 3 is 3.00 bits per heavy atom. The lowest BCUT2D eigenvalue weighted by Gasteiger charge is -2.38. The van der Waals surface area contributed by atoms with Crippen LogP contribution in [-0.2, 0) is 6.61 Å². The van der Waals surface area contributed by atoms with Crippen molar-refractivity contribution < 1.29 is 9.90 Å². The number of rotatable bonds is 3. The first-order valence-corrected chi connectivity index (χ1v) is 6.55. The zero-order valence-electron chi connectivity index (χ0n) is 9.56. The monoisotopic (exact) mass is 264 g/mol. The number of nitrogens with zero attached hydrogens (tertiary/aromatic N) is 4. The molecule has 18 heavy (non-hydrogen) atoms. The van der Waals surface area contributed by atoms with Crippen LogP contribution in [0.3, 0.4) is 0 Å². The molecule has 0 bridgehead atoms. The van der Waals surface area contributed by atoms with Gasteiger partial charge in [-0.05, 0) is 11.4 Å². The van der Waals surface area contributed by atoms with Gasteiger partial charge >= 0.3 is 0 Å². The molecular formula is C11H12N4O2S. The van der Waals surface area contributed by atoms with Crippen molar-refractivity contribution in [1.82, 2.24) is 19.9 Å². The number of aliphatic hydroxyl groups excluding tert-OH is 1. The zero-order valence-corrected chi connectivity index (χ0v) is 10.4. The van der Waals surface area contributed by atoms with Gasteiger partial charge in [0.1, 0.15) is 5.69 Å². The Kier molecular flexibility index (Phi) is 2.85. The van der Waals surface area contributed by atoms with E-state index in [4.69, 9.17) is 5.11 Å². The highest BCUT2D eigenvalue weighted by Gasteiger charge is 2.33. The van der Waals surface area contributed by atoms with E-state index < -0.39 is 0 Å². The average molecular weight is 264 g/mol. The molecule has 0 aliphatic carbocycles. The van der Waals surface area contributed by atoms with Crippen molar-refractivity contribution in [2.24, 2.45) is 0 Å². The molecular weight excluding hydrogens is 252 g/mol. The van der Waals surface area contributed by atoms with Crippen LogP contribution in [0.5, 0.6) is 0 Å². The second kappa shape index (κ2) is 4.51. The summed E-state index contributed by atoms with van der Waals surface area (Å²) in [5.41, 5.74) is 1.30. The van der Waals surface area contributed by atoms with Gasteiger partial charge in [0.05, 0.1) is 24.4 Å². The summed E-state index contributed by atoms with van der Waals surface area (Å²) in [5, 5.41) is 20.4. The summed E-state index contributed by atoms with van der Waals surface area (Å²) < 4.78 is 1.71. The number of carbonyl (C=O) groups is 1. The number of amides is 1. The van der Waals surface area contributed by atoms with Crippen molar-refractivity contribution in [2.45, 2.75) is 12.6 Å². The molecule has 0 spiro atoms. The van der Waals surface area contributed by atoms with Crippen LogP contribution in [0.1, 0.15) is 22.1 Å². The van der Waals surface area contributed by atoms with E-state index in [2.05, 4.69) is 10.3 Å². The Bertz CT molecular complexity index is 545. The quantitative estimate of drug-likeness (QED) is 0.877. The zero-order chi connectivity index (χ0) is 12.5. The number of hydrogen-bond donors (Lipinski definition) is 1. The summed E-state index contributed by atoms with van der Waals surface area (Å²) in [5.74, 6) is 0.0648. The van der Waals surface area contributed by atoms with Crippen LogP contribution in [0.15, 0.2) is 23.0 Å². The molecule has 2 aromatic rings. The van der Waals surface area contributed by atoms with Gasteiger partial charge in [-0.15, -0.1) is 5.10 Å². The highest BCUT2D eigenvalue weighted by atomic mass is 32.1. The van der Waals surface area contributed by atoms with E-state index in [1.54, 1.807) is 15.8 Å². The lowest BCUT2D eigenvalue weighted by molar-refractivity contribution is 0.0499. The summed E-state index contributed by atoms with van der Waals surface area (Å²) in [6, 6.07) is 2.00. The Balaban J connectivity index is 1.61. The molecule has 1 fully saturated rings. The standard InChI is InChI=1S/C11H12N4O2S/c16-6-9-3-15(13-12-9)10-4-14(5-10)11(17)8-1-2-18-7-8/h1-3,7,10,16H,4-6H2. The molecule has 1 N–H and O–H groups in total. The van der Waals surface area contributed by atoms with Crippen LogP contribution in [0.4, 0.5) is 0 Å². The molecule has 7 heteroatoms. The molecule has 3 heterocycles.